The van der Waals surface area contributed by atoms with Crippen molar-refractivity contribution in [3.05, 3.63) is 53.4 Å². The van der Waals surface area contributed by atoms with Crippen LogP contribution in [0.3, 0.4) is 0 Å². The third-order valence-electron chi connectivity index (χ3n) is 6.21. The van der Waals surface area contributed by atoms with E-state index in [0.29, 0.717) is 23.7 Å². The van der Waals surface area contributed by atoms with Gasteiger partial charge in [0.25, 0.3) is 5.91 Å². The van der Waals surface area contributed by atoms with E-state index in [1.807, 2.05) is 4.90 Å². The Morgan fingerprint density at radius 1 is 1.00 bits per heavy atom. The van der Waals surface area contributed by atoms with E-state index in [-0.39, 0.29) is 5.91 Å². The van der Waals surface area contributed by atoms with Gasteiger partial charge in [0.2, 0.25) is 0 Å². The van der Waals surface area contributed by atoms with E-state index in [9.17, 15) is 4.79 Å². The van der Waals surface area contributed by atoms with Crippen molar-refractivity contribution in [1.29, 1.82) is 0 Å². The summed E-state index contributed by atoms with van der Waals surface area (Å²) in [5.41, 5.74) is 3.44. The summed E-state index contributed by atoms with van der Waals surface area (Å²) in [7, 11) is 0. The summed E-state index contributed by atoms with van der Waals surface area (Å²) in [5, 5.41) is 3.85. The minimum Gasteiger partial charge on any atom is -0.364 e. The van der Waals surface area contributed by atoms with Crippen LogP contribution in [0.15, 0.2) is 41.1 Å². The first-order valence-electron chi connectivity index (χ1n) is 9.30. The normalized spacial score (nSPS) is 26.6. The molecule has 2 aromatic rings. The minimum atomic E-state index is 0.0278. The number of carbonyl (C=O) groups is 1. The van der Waals surface area contributed by atoms with Crippen molar-refractivity contribution in [2.45, 2.75) is 37.8 Å². The summed E-state index contributed by atoms with van der Waals surface area (Å²) >= 11 is 0. The minimum absolute atomic E-state index is 0.0278. The largest absolute Gasteiger partial charge is 0.364 e. The predicted molar refractivity (Wildman–Crippen MR) is 93.3 cm³/mol. The average Bonchev–Trinajstić information content (AvgIpc) is 3.23. The zero-order valence-electron chi connectivity index (χ0n) is 14.3. The highest BCUT2D eigenvalue weighted by atomic mass is 16.5. The molecule has 5 heteroatoms. The summed E-state index contributed by atoms with van der Waals surface area (Å²) in [4.78, 5) is 17.5. The summed E-state index contributed by atoms with van der Waals surface area (Å²) in [6, 6.07) is 11.4. The molecular weight excluding hydrogens is 314 g/mol. The number of carbonyl (C=O) groups excluding carboxylic acids is 1. The Kier molecular flexibility index (Phi) is 3.63. The second-order valence-electron chi connectivity index (χ2n) is 7.72. The fourth-order valence-corrected chi connectivity index (χ4v) is 4.93. The summed E-state index contributed by atoms with van der Waals surface area (Å²) in [6.07, 6.45) is 6.10. The van der Waals surface area contributed by atoms with Crippen LogP contribution in [0.1, 0.15) is 34.5 Å². The summed E-state index contributed by atoms with van der Waals surface area (Å²) in [5.74, 6) is 0.596. The van der Waals surface area contributed by atoms with Crippen molar-refractivity contribution in [2.24, 2.45) is 5.92 Å². The molecule has 3 fully saturated rings. The number of hydrogen-bond acceptors (Lipinski definition) is 4. The topological polar surface area (TPSA) is 49.6 Å². The van der Waals surface area contributed by atoms with Crippen molar-refractivity contribution >= 4 is 5.91 Å². The van der Waals surface area contributed by atoms with E-state index in [4.69, 9.17) is 4.52 Å². The molecular formula is C20H23N3O2. The van der Waals surface area contributed by atoms with Gasteiger partial charge in [-0.2, -0.15) is 0 Å². The van der Waals surface area contributed by atoms with Gasteiger partial charge in [-0.3, -0.25) is 9.69 Å². The van der Waals surface area contributed by atoms with Gasteiger partial charge in [0, 0.05) is 37.8 Å². The van der Waals surface area contributed by atoms with Gasteiger partial charge in [-0.1, -0.05) is 29.4 Å². The molecule has 4 heterocycles. The highest BCUT2D eigenvalue weighted by molar-refractivity contribution is 5.92. The molecule has 2 bridgehead atoms. The molecule has 5 nitrogen and oxygen atoms in total. The second-order valence-corrected chi connectivity index (χ2v) is 7.72. The van der Waals surface area contributed by atoms with Gasteiger partial charge in [-0.25, -0.2) is 0 Å². The maximum Gasteiger partial charge on any atom is 0.276 e. The highest BCUT2D eigenvalue weighted by Gasteiger charge is 2.40. The molecule has 1 aromatic heterocycles. The van der Waals surface area contributed by atoms with Crippen molar-refractivity contribution < 1.29 is 9.32 Å². The predicted octanol–water partition coefficient (Wildman–Crippen LogP) is 2.38. The molecule has 0 radical (unpaired) electrons. The maximum atomic E-state index is 12.8. The molecule has 1 amide bonds. The molecule has 3 aliphatic heterocycles. The van der Waals surface area contributed by atoms with Crippen LogP contribution in [-0.4, -0.2) is 52.6 Å². The van der Waals surface area contributed by atoms with E-state index in [1.54, 1.807) is 6.07 Å². The SMILES string of the molecule is O=C(c1ccon1)N1C[C@H]2CC[C@@H]1CN(C1Cc3ccccc3C1)C2. The zero-order valence-corrected chi connectivity index (χ0v) is 14.3. The highest BCUT2D eigenvalue weighted by Crippen LogP contribution is 2.33. The molecule has 2 atom stereocenters. The maximum absolute atomic E-state index is 12.8. The van der Waals surface area contributed by atoms with Crippen LogP contribution in [0.5, 0.6) is 0 Å². The van der Waals surface area contributed by atoms with Crippen molar-refractivity contribution in [3.8, 4) is 0 Å². The molecule has 4 aliphatic rings. The van der Waals surface area contributed by atoms with Crippen LogP contribution in [0.25, 0.3) is 0 Å². The quantitative estimate of drug-likeness (QED) is 0.844. The van der Waals surface area contributed by atoms with Crippen LogP contribution in [-0.2, 0) is 12.8 Å². The van der Waals surface area contributed by atoms with Crippen molar-refractivity contribution in [1.82, 2.24) is 15.0 Å². The monoisotopic (exact) mass is 337 g/mol. The lowest BCUT2D eigenvalue weighted by atomic mass is 9.94. The van der Waals surface area contributed by atoms with Gasteiger partial charge in [0.1, 0.15) is 6.26 Å². The smallest absolute Gasteiger partial charge is 0.276 e. The Hall–Kier alpha value is -2.14. The van der Waals surface area contributed by atoms with E-state index >= 15 is 0 Å². The Morgan fingerprint density at radius 3 is 2.52 bits per heavy atom. The van der Waals surface area contributed by atoms with Crippen molar-refractivity contribution in [2.75, 3.05) is 19.6 Å². The van der Waals surface area contributed by atoms with Gasteiger partial charge in [-0.05, 0) is 42.7 Å². The van der Waals surface area contributed by atoms with Gasteiger partial charge < -0.3 is 9.42 Å². The molecule has 1 aliphatic carbocycles. The summed E-state index contributed by atoms with van der Waals surface area (Å²) in [6.45, 7) is 2.95. The van der Waals surface area contributed by atoms with E-state index < -0.39 is 0 Å². The Morgan fingerprint density at radius 2 is 1.80 bits per heavy atom. The Labute approximate surface area is 147 Å². The number of piperidine rings is 1. The second kappa shape index (κ2) is 5.99. The number of nitrogens with zero attached hydrogens (tertiary/aromatic N) is 3. The third kappa shape index (κ3) is 2.67. The third-order valence-corrected chi connectivity index (χ3v) is 6.21. The van der Waals surface area contributed by atoms with Gasteiger partial charge in [0.05, 0.1) is 0 Å². The van der Waals surface area contributed by atoms with Crippen LogP contribution >= 0.6 is 0 Å². The van der Waals surface area contributed by atoms with Crippen molar-refractivity contribution in [3.63, 3.8) is 0 Å². The average molecular weight is 337 g/mol. The van der Waals surface area contributed by atoms with Gasteiger partial charge in [0.15, 0.2) is 5.69 Å². The molecule has 0 unspecified atom stereocenters. The number of aromatic nitrogens is 1. The first kappa shape index (κ1) is 15.1. The number of benzene rings is 1. The molecule has 0 saturated carbocycles. The first-order chi connectivity index (χ1) is 12.3. The summed E-state index contributed by atoms with van der Waals surface area (Å²) < 4.78 is 4.87. The molecule has 0 N–H and O–H groups in total. The number of fused-ring (bicyclic) bond motifs is 5. The van der Waals surface area contributed by atoms with Crippen LogP contribution in [0.4, 0.5) is 0 Å². The molecule has 0 spiro atoms. The molecule has 3 saturated heterocycles. The Bertz CT molecular complexity index is 748. The fourth-order valence-electron chi connectivity index (χ4n) is 4.93. The lowest BCUT2D eigenvalue weighted by Gasteiger charge is -2.35. The van der Waals surface area contributed by atoms with Gasteiger partial charge in [-0.15, -0.1) is 0 Å². The number of amides is 1. The molecule has 1 aromatic carbocycles. The number of hydrogen-bond donors (Lipinski definition) is 0. The van der Waals surface area contributed by atoms with Gasteiger partial charge >= 0.3 is 0 Å². The lowest BCUT2D eigenvalue weighted by Crippen LogP contribution is -2.48. The molecule has 25 heavy (non-hydrogen) atoms. The zero-order chi connectivity index (χ0) is 16.8. The standard InChI is InChI=1S/C20H23N3O2/c24-20(19-7-8-25-21-19)23-12-14-5-6-17(23)13-22(11-14)18-9-15-3-1-2-4-16(15)10-18/h1-4,7-8,14,17-18H,5-6,9-13H2/t14-,17+/m0/s1. The van der Waals surface area contributed by atoms with E-state index in [0.717, 1.165) is 38.9 Å². The van der Waals surface area contributed by atoms with E-state index in [2.05, 4.69) is 34.3 Å². The van der Waals surface area contributed by atoms with Crippen LogP contribution < -0.4 is 0 Å². The molecule has 6 rings (SSSR count). The molecule has 130 valence electrons. The van der Waals surface area contributed by atoms with E-state index in [1.165, 1.54) is 23.8 Å². The Balaban J connectivity index is 1.34. The fraction of sp³-hybridized carbons (Fsp3) is 0.500. The van der Waals surface area contributed by atoms with Crippen LogP contribution in [0.2, 0.25) is 0 Å². The lowest BCUT2D eigenvalue weighted by molar-refractivity contribution is 0.0571. The number of rotatable bonds is 2. The first-order valence-corrected chi connectivity index (χ1v) is 9.30. The van der Waals surface area contributed by atoms with Crippen LogP contribution in [0, 0.1) is 5.92 Å².